The highest BCUT2D eigenvalue weighted by Crippen LogP contribution is 2.30. The van der Waals surface area contributed by atoms with Crippen LogP contribution in [0.25, 0.3) is 33.3 Å². The Bertz CT molecular complexity index is 1170. The van der Waals surface area contributed by atoms with Gasteiger partial charge in [0, 0.05) is 23.1 Å². The lowest BCUT2D eigenvalue weighted by molar-refractivity contribution is -0.119. The number of oxazole rings is 1. The third-order valence-electron chi connectivity index (χ3n) is 4.23. The first-order valence-electron chi connectivity index (χ1n) is 8.63. The van der Waals surface area contributed by atoms with Crippen LogP contribution < -0.4 is 10.6 Å². The highest BCUT2D eigenvalue weighted by molar-refractivity contribution is 7.80. The second-order valence-corrected chi connectivity index (χ2v) is 6.50. The Balaban J connectivity index is 1.66. The first-order chi connectivity index (χ1) is 13.1. The van der Waals surface area contributed by atoms with E-state index in [-0.39, 0.29) is 11.0 Å². The van der Waals surface area contributed by atoms with Crippen molar-refractivity contribution in [2.24, 2.45) is 0 Å². The van der Waals surface area contributed by atoms with E-state index < -0.39 is 0 Å². The summed E-state index contributed by atoms with van der Waals surface area (Å²) in [5.74, 6) is 0.406. The van der Waals surface area contributed by atoms with E-state index in [2.05, 4.69) is 16.7 Å². The second kappa shape index (κ2) is 7.17. The van der Waals surface area contributed by atoms with E-state index in [4.69, 9.17) is 21.6 Å². The van der Waals surface area contributed by atoms with Gasteiger partial charge >= 0.3 is 0 Å². The fourth-order valence-corrected chi connectivity index (χ4v) is 3.12. The van der Waals surface area contributed by atoms with Crippen molar-refractivity contribution < 1.29 is 9.21 Å². The zero-order chi connectivity index (χ0) is 18.8. The molecular formula is C21H17N3O2S. The van der Waals surface area contributed by atoms with Crippen molar-refractivity contribution in [1.29, 1.82) is 0 Å². The fraction of sp³-hybridized carbons (Fsp3) is 0.0952. The van der Waals surface area contributed by atoms with Gasteiger partial charge in [0.05, 0.1) is 0 Å². The number of carbonyl (C=O) groups is 1. The third kappa shape index (κ3) is 3.52. The van der Waals surface area contributed by atoms with Gasteiger partial charge in [-0.25, -0.2) is 4.98 Å². The number of amides is 1. The van der Waals surface area contributed by atoms with Gasteiger partial charge in [0.1, 0.15) is 5.52 Å². The minimum absolute atomic E-state index is 0.130. The number of anilines is 1. The first-order valence-corrected chi connectivity index (χ1v) is 9.04. The standard InChI is InChI=1S/C21H17N3O2S/c1-2-18(25)23-21(27)22-15-8-5-7-14(12-15)20-24-19-16-9-4-3-6-13(16)10-11-17(19)26-20/h3-12H,2H2,1H3,(H2,22,23,25,27). The Morgan fingerprint density at radius 3 is 2.81 bits per heavy atom. The molecule has 0 bridgehead atoms. The molecule has 5 nitrogen and oxygen atoms in total. The molecule has 134 valence electrons. The Morgan fingerprint density at radius 2 is 1.96 bits per heavy atom. The second-order valence-electron chi connectivity index (χ2n) is 6.09. The lowest BCUT2D eigenvalue weighted by Crippen LogP contribution is -2.33. The smallest absolute Gasteiger partial charge is 0.227 e. The van der Waals surface area contributed by atoms with E-state index in [9.17, 15) is 4.79 Å². The summed E-state index contributed by atoms with van der Waals surface area (Å²) in [6.45, 7) is 1.77. The zero-order valence-electron chi connectivity index (χ0n) is 14.7. The Labute approximate surface area is 161 Å². The highest BCUT2D eigenvalue weighted by Gasteiger charge is 2.12. The highest BCUT2D eigenvalue weighted by atomic mass is 32.1. The molecule has 0 fully saturated rings. The maximum atomic E-state index is 11.4. The van der Waals surface area contributed by atoms with Crippen LogP contribution in [0.15, 0.2) is 65.1 Å². The van der Waals surface area contributed by atoms with Gasteiger partial charge in [-0.1, -0.05) is 43.3 Å². The van der Waals surface area contributed by atoms with Crippen molar-refractivity contribution in [3.8, 4) is 11.5 Å². The monoisotopic (exact) mass is 375 g/mol. The number of rotatable bonds is 3. The minimum Gasteiger partial charge on any atom is -0.436 e. The van der Waals surface area contributed by atoms with Gasteiger partial charge in [-0.3, -0.25) is 4.79 Å². The number of thiocarbonyl (C=S) groups is 1. The molecule has 2 N–H and O–H groups in total. The van der Waals surface area contributed by atoms with E-state index in [1.807, 2.05) is 54.6 Å². The molecular weight excluding hydrogens is 358 g/mol. The van der Waals surface area contributed by atoms with E-state index in [0.29, 0.717) is 12.3 Å². The maximum Gasteiger partial charge on any atom is 0.227 e. The van der Waals surface area contributed by atoms with Crippen molar-refractivity contribution in [3.05, 3.63) is 60.7 Å². The van der Waals surface area contributed by atoms with E-state index in [1.54, 1.807) is 6.92 Å². The molecule has 0 aliphatic heterocycles. The number of nitrogens with one attached hydrogen (secondary N) is 2. The van der Waals surface area contributed by atoms with Crippen LogP contribution in [0.1, 0.15) is 13.3 Å². The lowest BCUT2D eigenvalue weighted by atomic mass is 10.1. The maximum absolute atomic E-state index is 11.4. The Morgan fingerprint density at radius 1 is 1.11 bits per heavy atom. The summed E-state index contributed by atoms with van der Waals surface area (Å²) >= 11 is 5.16. The number of fused-ring (bicyclic) bond motifs is 3. The van der Waals surface area contributed by atoms with Crippen LogP contribution >= 0.6 is 12.2 Å². The van der Waals surface area contributed by atoms with Crippen molar-refractivity contribution >= 4 is 50.8 Å². The normalized spacial score (nSPS) is 10.9. The molecule has 0 unspecified atom stereocenters. The topological polar surface area (TPSA) is 67.2 Å². The van der Waals surface area contributed by atoms with Gasteiger partial charge < -0.3 is 15.1 Å². The van der Waals surface area contributed by atoms with Crippen molar-refractivity contribution in [1.82, 2.24) is 10.3 Å². The molecule has 1 amide bonds. The summed E-state index contributed by atoms with van der Waals surface area (Å²) in [7, 11) is 0. The fourth-order valence-electron chi connectivity index (χ4n) is 2.89. The lowest BCUT2D eigenvalue weighted by Gasteiger charge is -2.09. The van der Waals surface area contributed by atoms with Gasteiger partial charge in [-0.15, -0.1) is 0 Å². The largest absolute Gasteiger partial charge is 0.436 e. The van der Waals surface area contributed by atoms with Crippen molar-refractivity contribution in [3.63, 3.8) is 0 Å². The van der Waals surface area contributed by atoms with Crippen molar-refractivity contribution in [2.75, 3.05) is 5.32 Å². The number of nitrogens with zero attached hydrogens (tertiary/aromatic N) is 1. The van der Waals surface area contributed by atoms with Gasteiger partial charge in [0.2, 0.25) is 11.8 Å². The van der Waals surface area contributed by atoms with Crippen molar-refractivity contribution in [2.45, 2.75) is 13.3 Å². The summed E-state index contributed by atoms with van der Waals surface area (Å²) in [6.07, 6.45) is 0.374. The van der Waals surface area contributed by atoms with Crippen LogP contribution in [0.2, 0.25) is 0 Å². The molecule has 0 saturated carbocycles. The Kier molecular flexibility index (Phi) is 4.56. The summed E-state index contributed by atoms with van der Waals surface area (Å²) in [5, 5.41) is 8.08. The van der Waals surface area contributed by atoms with E-state index in [0.717, 1.165) is 33.1 Å². The molecule has 1 heterocycles. The first kappa shape index (κ1) is 17.2. The molecule has 27 heavy (non-hydrogen) atoms. The molecule has 4 rings (SSSR count). The van der Waals surface area contributed by atoms with E-state index in [1.165, 1.54) is 0 Å². The molecule has 0 saturated heterocycles. The predicted molar refractivity (Wildman–Crippen MR) is 112 cm³/mol. The van der Waals surface area contributed by atoms with Gasteiger partial charge in [-0.05, 0) is 41.9 Å². The molecule has 0 atom stereocenters. The minimum atomic E-state index is -0.130. The van der Waals surface area contributed by atoms with Crippen LogP contribution in [0, 0.1) is 0 Å². The average molecular weight is 375 g/mol. The number of carbonyl (C=O) groups excluding carboxylic acids is 1. The molecule has 0 aliphatic rings. The quantitative estimate of drug-likeness (QED) is 0.500. The van der Waals surface area contributed by atoms with Crippen LogP contribution in [0.3, 0.4) is 0 Å². The number of hydrogen-bond donors (Lipinski definition) is 2. The van der Waals surface area contributed by atoms with Crippen LogP contribution in [0.5, 0.6) is 0 Å². The average Bonchev–Trinajstić information content (AvgIpc) is 3.13. The molecule has 0 aliphatic carbocycles. The van der Waals surface area contributed by atoms with Crippen LogP contribution in [0.4, 0.5) is 5.69 Å². The third-order valence-corrected chi connectivity index (χ3v) is 4.43. The number of aromatic nitrogens is 1. The molecule has 1 aromatic heterocycles. The van der Waals surface area contributed by atoms with Gasteiger partial charge in [0.25, 0.3) is 0 Å². The summed E-state index contributed by atoms with van der Waals surface area (Å²) in [5.41, 5.74) is 3.16. The van der Waals surface area contributed by atoms with E-state index >= 15 is 0 Å². The Hall–Kier alpha value is -3.25. The van der Waals surface area contributed by atoms with Gasteiger partial charge in [-0.2, -0.15) is 0 Å². The molecule has 4 aromatic rings. The zero-order valence-corrected chi connectivity index (χ0v) is 15.5. The number of hydrogen-bond acceptors (Lipinski definition) is 4. The predicted octanol–water partition coefficient (Wildman–Crippen LogP) is 4.87. The van der Waals surface area contributed by atoms with Crippen LogP contribution in [-0.2, 0) is 4.79 Å². The van der Waals surface area contributed by atoms with Gasteiger partial charge in [0.15, 0.2) is 10.7 Å². The molecule has 6 heteroatoms. The summed E-state index contributed by atoms with van der Waals surface area (Å²) in [6, 6.07) is 19.6. The van der Waals surface area contributed by atoms with Crippen LogP contribution in [-0.4, -0.2) is 16.0 Å². The molecule has 3 aromatic carbocycles. The molecule has 0 spiro atoms. The SMILES string of the molecule is CCC(=O)NC(=S)Nc1cccc(-c2nc3c(ccc4ccccc43)o2)c1. The summed E-state index contributed by atoms with van der Waals surface area (Å²) in [4.78, 5) is 16.1. The number of benzene rings is 3. The molecule has 0 radical (unpaired) electrons. The summed E-state index contributed by atoms with van der Waals surface area (Å²) < 4.78 is 5.96.